The molecule has 0 bridgehead atoms. The van der Waals surface area contributed by atoms with E-state index in [2.05, 4.69) is 20.6 Å². The number of halogens is 1. The van der Waals surface area contributed by atoms with E-state index < -0.39 is 0 Å². The van der Waals surface area contributed by atoms with Crippen LogP contribution in [-0.2, 0) is 0 Å². The number of nitrogens with one attached hydrogen (secondary N) is 2. The second-order valence-electron chi connectivity index (χ2n) is 4.77. The summed E-state index contributed by atoms with van der Waals surface area (Å²) in [6.07, 6.45) is 5.55. The predicted molar refractivity (Wildman–Crippen MR) is 86.6 cm³/mol. The van der Waals surface area contributed by atoms with Crippen molar-refractivity contribution in [1.82, 2.24) is 14.4 Å². The normalized spacial score (nSPS) is 10.8. The van der Waals surface area contributed by atoms with Gasteiger partial charge in [0, 0.05) is 18.9 Å². The molecule has 0 fully saturated rings. The van der Waals surface area contributed by atoms with Crippen LogP contribution in [0.15, 0.2) is 36.8 Å². The third kappa shape index (κ3) is 2.78. The second kappa shape index (κ2) is 5.61. The van der Waals surface area contributed by atoms with Gasteiger partial charge in [0.15, 0.2) is 11.5 Å². The molecule has 0 saturated heterocycles. The van der Waals surface area contributed by atoms with E-state index >= 15 is 0 Å². The highest BCUT2D eigenvalue weighted by Crippen LogP contribution is 2.27. The molecule has 2 N–H and O–H groups in total. The highest BCUT2D eigenvalue weighted by molar-refractivity contribution is 6.33. The Bertz CT molecular complexity index is 781. The minimum absolute atomic E-state index is 0.654. The molecule has 0 unspecified atom stereocenters. The lowest BCUT2D eigenvalue weighted by atomic mass is 10.2. The third-order valence-corrected chi connectivity index (χ3v) is 3.44. The average Bonchev–Trinajstić information content (AvgIpc) is 2.92. The highest BCUT2D eigenvalue weighted by atomic mass is 35.5. The zero-order valence-electron chi connectivity index (χ0n) is 11.9. The summed E-state index contributed by atoms with van der Waals surface area (Å²) in [4.78, 5) is 8.90. The summed E-state index contributed by atoms with van der Waals surface area (Å²) in [6.45, 7) is 4.86. The van der Waals surface area contributed by atoms with Gasteiger partial charge in [0.1, 0.15) is 5.82 Å². The molecule has 5 nitrogen and oxygen atoms in total. The highest BCUT2D eigenvalue weighted by Gasteiger charge is 2.09. The molecule has 6 heteroatoms. The largest absolute Gasteiger partial charge is 0.369 e. The first-order valence-electron chi connectivity index (χ1n) is 6.78. The molecule has 0 saturated carbocycles. The Kier molecular flexibility index (Phi) is 3.66. The second-order valence-corrected chi connectivity index (χ2v) is 5.18. The van der Waals surface area contributed by atoms with Crippen LogP contribution in [0.5, 0.6) is 0 Å². The SMILES string of the molecule is CCNc1cn2ccnc2c(Nc2cc(C)ccc2Cl)n1. The molecule has 0 radical (unpaired) electrons. The summed E-state index contributed by atoms with van der Waals surface area (Å²) in [7, 11) is 0. The number of imidazole rings is 1. The fraction of sp³-hybridized carbons (Fsp3) is 0.200. The van der Waals surface area contributed by atoms with Gasteiger partial charge in [0.05, 0.1) is 16.9 Å². The topological polar surface area (TPSA) is 54.2 Å². The lowest BCUT2D eigenvalue weighted by Gasteiger charge is -2.12. The van der Waals surface area contributed by atoms with Crippen LogP contribution in [0.3, 0.4) is 0 Å². The molecule has 21 heavy (non-hydrogen) atoms. The molecule has 1 aromatic carbocycles. The molecular weight excluding hydrogens is 286 g/mol. The number of anilines is 3. The van der Waals surface area contributed by atoms with Gasteiger partial charge < -0.3 is 15.0 Å². The molecule has 0 aliphatic heterocycles. The van der Waals surface area contributed by atoms with Gasteiger partial charge in [0.2, 0.25) is 0 Å². The van der Waals surface area contributed by atoms with Crippen LogP contribution in [0.25, 0.3) is 5.65 Å². The van der Waals surface area contributed by atoms with E-state index in [1.807, 2.05) is 48.8 Å². The summed E-state index contributed by atoms with van der Waals surface area (Å²) >= 11 is 6.24. The van der Waals surface area contributed by atoms with Crippen molar-refractivity contribution in [2.24, 2.45) is 0 Å². The van der Waals surface area contributed by atoms with E-state index in [0.717, 1.165) is 29.3 Å². The van der Waals surface area contributed by atoms with Crippen LogP contribution >= 0.6 is 11.6 Å². The molecule has 0 atom stereocenters. The summed E-state index contributed by atoms with van der Waals surface area (Å²) in [5.41, 5.74) is 2.71. The maximum Gasteiger partial charge on any atom is 0.180 e. The molecule has 3 aromatic rings. The van der Waals surface area contributed by atoms with Gasteiger partial charge >= 0.3 is 0 Å². The average molecular weight is 302 g/mol. The fourth-order valence-electron chi connectivity index (χ4n) is 2.14. The van der Waals surface area contributed by atoms with Crippen molar-refractivity contribution in [3.63, 3.8) is 0 Å². The Morgan fingerprint density at radius 1 is 1.33 bits per heavy atom. The van der Waals surface area contributed by atoms with Gasteiger partial charge in [-0.2, -0.15) is 0 Å². The van der Waals surface area contributed by atoms with Crippen molar-refractivity contribution in [3.8, 4) is 0 Å². The molecule has 0 aliphatic rings. The maximum atomic E-state index is 6.24. The fourth-order valence-corrected chi connectivity index (χ4v) is 2.31. The van der Waals surface area contributed by atoms with E-state index in [1.54, 1.807) is 6.20 Å². The van der Waals surface area contributed by atoms with Crippen molar-refractivity contribution >= 4 is 34.6 Å². The number of aromatic nitrogens is 3. The molecule has 0 aliphatic carbocycles. The van der Waals surface area contributed by atoms with Gasteiger partial charge in [-0.1, -0.05) is 17.7 Å². The number of hydrogen-bond acceptors (Lipinski definition) is 4. The Labute approximate surface area is 128 Å². The van der Waals surface area contributed by atoms with Crippen molar-refractivity contribution < 1.29 is 0 Å². The van der Waals surface area contributed by atoms with E-state index in [9.17, 15) is 0 Å². The minimum atomic E-state index is 0.654. The summed E-state index contributed by atoms with van der Waals surface area (Å²) in [5.74, 6) is 1.46. The van der Waals surface area contributed by atoms with E-state index in [4.69, 9.17) is 11.6 Å². The van der Waals surface area contributed by atoms with Crippen LogP contribution in [-0.4, -0.2) is 20.9 Å². The Hall–Kier alpha value is -2.27. The number of nitrogens with zero attached hydrogens (tertiary/aromatic N) is 3. The van der Waals surface area contributed by atoms with Crippen molar-refractivity contribution in [2.45, 2.75) is 13.8 Å². The zero-order valence-corrected chi connectivity index (χ0v) is 12.6. The number of aryl methyl sites for hydroxylation is 1. The number of hydrogen-bond donors (Lipinski definition) is 2. The predicted octanol–water partition coefficient (Wildman–Crippen LogP) is 3.87. The summed E-state index contributed by atoms with van der Waals surface area (Å²) in [5, 5.41) is 7.14. The van der Waals surface area contributed by atoms with E-state index in [1.165, 1.54) is 0 Å². The first-order valence-corrected chi connectivity index (χ1v) is 7.16. The molecule has 2 heterocycles. The van der Waals surface area contributed by atoms with Gasteiger partial charge in [0.25, 0.3) is 0 Å². The lowest BCUT2D eigenvalue weighted by molar-refractivity contribution is 1.09. The number of fused-ring (bicyclic) bond motifs is 1. The van der Waals surface area contributed by atoms with E-state index in [-0.39, 0.29) is 0 Å². The van der Waals surface area contributed by atoms with Crippen LogP contribution in [0.1, 0.15) is 12.5 Å². The van der Waals surface area contributed by atoms with Gasteiger partial charge in [-0.3, -0.25) is 0 Å². The molecule has 0 spiro atoms. The molecule has 0 amide bonds. The standard InChI is InChI=1S/C15H16ClN5/c1-3-17-13-9-21-7-6-18-15(21)14(20-13)19-12-8-10(2)4-5-11(12)16/h4-9,17H,3H2,1-2H3,(H,19,20). The van der Waals surface area contributed by atoms with Gasteiger partial charge in [-0.25, -0.2) is 9.97 Å². The van der Waals surface area contributed by atoms with Crippen molar-refractivity contribution in [3.05, 3.63) is 47.4 Å². The van der Waals surface area contributed by atoms with Crippen LogP contribution in [0, 0.1) is 6.92 Å². The van der Waals surface area contributed by atoms with Crippen molar-refractivity contribution in [2.75, 3.05) is 17.2 Å². The minimum Gasteiger partial charge on any atom is -0.369 e. The Balaban J connectivity index is 2.06. The van der Waals surface area contributed by atoms with Crippen molar-refractivity contribution in [1.29, 1.82) is 0 Å². The third-order valence-electron chi connectivity index (χ3n) is 3.11. The molecule has 108 valence electrons. The summed E-state index contributed by atoms with van der Waals surface area (Å²) < 4.78 is 1.93. The van der Waals surface area contributed by atoms with Crippen LogP contribution in [0.2, 0.25) is 5.02 Å². The quantitative estimate of drug-likeness (QED) is 0.768. The summed E-state index contributed by atoms with van der Waals surface area (Å²) in [6, 6.07) is 5.83. The molecule has 2 aromatic heterocycles. The van der Waals surface area contributed by atoms with Crippen LogP contribution in [0.4, 0.5) is 17.3 Å². The smallest absolute Gasteiger partial charge is 0.180 e. The first-order chi connectivity index (χ1) is 10.2. The zero-order chi connectivity index (χ0) is 14.8. The Morgan fingerprint density at radius 3 is 3.00 bits per heavy atom. The van der Waals surface area contributed by atoms with Crippen LogP contribution < -0.4 is 10.6 Å². The first kappa shape index (κ1) is 13.7. The molecular formula is C15H16ClN5. The number of rotatable bonds is 4. The molecule has 3 rings (SSSR count). The number of benzene rings is 1. The van der Waals surface area contributed by atoms with E-state index in [0.29, 0.717) is 10.8 Å². The lowest BCUT2D eigenvalue weighted by Crippen LogP contribution is -2.05. The monoisotopic (exact) mass is 301 g/mol. The van der Waals surface area contributed by atoms with Gasteiger partial charge in [-0.15, -0.1) is 0 Å². The maximum absolute atomic E-state index is 6.24. The Morgan fingerprint density at radius 2 is 2.19 bits per heavy atom. The van der Waals surface area contributed by atoms with Gasteiger partial charge in [-0.05, 0) is 31.5 Å².